The van der Waals surface area contributed by atoms with Crippen molar-refractivity contribution in [2.24, 2.45) is 0 Å². The fourth-order valence-corrected chi connectivity index (χ4v) is 4.66. The van der Waals surface area contributed by atoms with E-state index >= 15 is 0 Å². The van der Waals surface area contributed by atoms with Crippen LogP contribution in [0.3, 0.4) is 0 Å². The molecule has 0 aliphatic carbocycles. The van der Waals surface area contributed by atoms with Crippen LogP contribution in [-0.2, 0) is 40.0 Å². The van der Waals surface area contributed by atoms with E-state index in [1.807, 2.05) is 6.07 Å². The molecular weight excluding hydrogens is 442 g/mol. The van der Waals surface area contributed by atoms with E-state index in [-0.39, 0.29) is 37.7 Å². The highest BCUT2D eigenvalue weighted by Gasteiger charge is 2.65. The van der Waals surface area contributed by atoms with Crippen molar-refractivity contribution in [3.8, 4) is 0 Å². The average molecular weight is 465 g/mol. The van der Waals surface area contributed by atoms with E-state index in [4.69, 9.17) is 9.57 Å². The maximum absolute atomic E-state index is 12.9. The second kappa shape index (κ2) is 10.0. The van der Waals surface area contributed by atoms with Crippen molar-refractivity contribution in [2.45, 2.75) is 36.8 Å². The lowest BCUT2D eigenvalue weighted by molar-refractivity contribution is -0.255. The number of rotatable bonds is 9. The van der Waals surface area contributed by atoms with E-state index in [2.05, 4.69) is 10.6 Å². The Hall–Kier alpha value is -3.12. The molecule has 0 bridgehead atoms. The Morgan fingerprint density at radius 3 is 2.62 bits per heavy atom. The largest absolute Gasteiger partial charge is 0.477 e. The van der Waals surface area contributed by atoms with E-state index in [1.165, 1.54) is 6.92 Å². The van der Waals surface area contributed by atoms with Gasteiger partial charge in [-0.3, -0.25) is 24.0 Å². The summed E-state index contributed by atoms with van der Waals surface area (Å²) in [6.07, 6.45) is -0.222. The van der Waals surface area contributed by atoms with E-state index in [9.17, 15) is 29.1 Å². The van der Waals surface area contributed by atoms with Gasteiger partial charge in [0.25, 0.3) is 5.91 Å². The second-order valence-corrected chi connectivity index (χ2v) is 8.54. The molecule has 12 heteroatoms. The van der Waals surface area contributed by atoms with E-state index in [0.717, 1.165) is 17.3 Å². The predicted octanol–water partition coefficient (Wildman–Crippen LogP) is -0.547. The zero-order chi connectivity index (χ0) is 23.3. The number of benzene rings is 1. The number of nitrogens with one attached hydrogen (secondary N) is 2. The van der Waals surface area contributed by atoms with Gasteiger partial charge in [-0.1, -0.05) is 30.3 Å². The maximum atomic E-state index is 12.9. The van der Waals surface area contributed by atoms with Crippen LogP contribution in [0.15, 0.2) is 30.3 Å². The number of hydroxylamine groups is 2. The number of amides is 3. The number of hydrogen-bond donors (Lipinski definition) is 3. The van der Waals surface area contributed by atoms with Crippen LogP contribution in [0.5, 0.6) is 0 Å². The first kappa shape index (κ1) is 23.5. The van der Waals surface area contributed by atoms with Crippen LogP contribution in [0.2, 0.25) is 0 Å². The molecule has 0 spiro atoms. The molecule has 3 amide bonds. The van der Waals surface area contributed by atoms with Crippen molar-refractivity contribution in [3.05, 3.63) is 35.9 Å². The molecule has 3 atom stereocenters. The molecule has 3 N–H and O–H groups in total. The number of nitrogens with zero attached hydrogens (tertiary/aromatic N) is 1. The van der Waals surface area contributed by atoms with E-state index in [1.54, 1.807) is 24.3 Å². The van der Waals surface area contributed by atoms with Crippen molar-refractivity contribution in [1.29, 1.82) is 0 Å². The summed E-state index contributed by atoms with van der Waals surface area (Å²) in [5.41, 5.74) is -1.62. The van der Waals surface area contributed by atoms with Crippen LogP contribution in [0.1, 0.15) is 18.9 Å². The molecule has 1 aromatic rings. The highest BCUT2D eigenvalue weighted by atomic mass is 32.2. The fraction of sp³-hybridized carbons (Fsp3) is 0.450. The molecule has 2 aliphatic rings. The lowest BCUT2D eigenvalue weighted by Crippen LogP contribution is -2.61. The Morgan fingerprint density at radius 2 is 1.97 bits per heavy atom. The molecule has 2 unspecified atom stereocenters. The second-order valence-electron chi connectivity index (χ2n) is 7.23. The molecule has 2 fully saturated rings. The minimum atomic E-state index is -2.37. The summed E-state index contributed by atoms with van der Waals surface area (Å²) in [5.74, 6) is -3.58. The van der Waals surface area contributed by atoms with Gasteiger partial charge in [0.15, 0.2) is 0 Å². The van der Waals surface area contributed by atoms with Gasteiger partial charge in [-0.2, -0.15) is 5.06 Å². The standard InChI is InChI=1S/C20H23N3O8S/c1-12(24)21-7-8-32-15-10-17(26)31-20(15,19(28)29)23-18(27)14(11-30-23)22-16(25)9-13-5-3-2-4-6-13/h2-6,14-15H,7-11H2,1H3,(H,21,24)(H,22,25)(H,28,29)/t14-,15?,20?/m0/s1. The third-order valence-corrected chi connectivity index (χ3v) is 6.20. The van der Waals surface area contributed by atoms with Crippen LogP contribution in [0, 0.1) is 0 Å². The van der Waals surface area contributed by atoms with Crippen LogP contribution in [-0.4, -0.2) is 75.8 Å². The number of ether oxygens (including phenoxy) is 1. The number of carbonyl (C=O) groups is 5. The molecule has 172 valence electrons. The first-order valence-corrected chi connectivity index (χ1v) is 10.9. The lowest BCUT2D eigenvalue weighted by Gasteiger charge is -2.35. The average Bonchev–Trinajstić information content (AvgIpc) is 3.26. The molecule has 2 saturated heterocycles. The number of thioether (sulfide) groups is 1. The quantitative estimate of drug-likeness (QED) is 0.322. The summed E-state index contributed by atoms with van der Waals surface area (Å²) >= 11 is 1.07. The number of cyclic esters (lactones) is 1. The van der Waals surface area contributed by atoms with E-state index in [0.29, 0.717) is 5.06 Å². The SMILES string of the molecule is CC(=O)NCCSC1CC(=O)OC1(C(=O)O)N1OC[C@H](NC(=O)Cc2ccccc2)C1=O. The van der Waals surface area contributed by atoms with Gasteiger partial charge in [0.2, 0.25) is 11.8 Å². The minimum Gasteiger partial charge on any atom is -0.477 e. The number of carbonyl (C=O) groups excluding carboxylic acids is 4. The third kappa shape index (κ3) is 5.02. The highest BCUT2D eigenvalue weighted by Crippen LogP contribution is 2.41. The number of carboxylic acid groups (broad SMARTS) is 1. The van der Waals surface area contributed by atoms with Crippen molar-refractivity contribution < 1.29 is 38.7 Å². The maximum Gasteiger partial charge on any atom is 0.373 e. The number of carboxylic acids is 1. The van der Waals surface area contributed by atoms with Crippen LogP contribution < -0.4 is 10.6 Å². The smallest absolute Gasteiger partial charge is 0.373 e. The number of esters is 1. The molecule has 1 aromatic carbocycles. The van der Waals surface area contributed by atoms with Crippen LogP contribution >= 0.6 is 11.8 Å². The molecule has 2 heterocycles. The number of hydrogen-bond acceptors (Lipinski definition) is 8. The van der Waals surface area contributed by atoms with E-state index < -0.39 is 40.8 Å². The summed E-state index contributed by atoms with van der Waals surface area (Å²) in [6.45, 7) is 1.29. The van der Waals surface area contributed by atoms with Gasteiger partial charge in [0.05, 0.1) is 18.1 Å². The molecule has 11 nitrogen and oxygen atoms in total. The fourth-order valence-electron chi connectivity index (χ4n) is 3.43. The molecule has 2 aliphatic heterocycles. The Kier molecular flexibility index (Phi) is 7.36. The molecule has 0 saturated carbocycles. The van der Waals surface area contributed by atoms with Gasteiger partial charge in [-0.05, 0) is 5.56 Å². The van der Waals surface area contributed by atoms with Gasteiger partial charge in [-0.15, -0.1) is 11.8 Å². The summed E-state index contributed by atoms with van der Waals surface area (Å²) in [7, 11) is 0. The number of aliphatic carboxylic acids is 1. The molecule has 0 aromatic heterocycles. The third-order valence-electron chi connectivity index (χ3n) is 4.87. The van der Waals surface area contributed by atoms with Gasteiger partial charge < -0.3 is 20.5 Å². The summed E-state index contributed by atoms with van der Waals surface area (Å²) < 4.78 is 5.13. The van der Waals surface area contributed by atoms with Gasteiger partial charge in [-0.25, -0.2) is 4.79 Å². The van der Waals surface area contributed by atoms with Gasteiger partial charge in [0.1, 0.15) is 12.6 Å². The zero-order valence-corrected chi connectivity index (χ0v) is 18.1. The van der Waals surface area contributed by atoms with Crippen molar-refractivity contribution >= 4 is 41.4 Å². The lowest BCUT2D eigenvalue weighted by atomic mass is 10.1. The normalized spacial score (nSPS) is 24.8. The van der Waals surface area contributed by atoms with Crippen molar-refractivity contribution in [3.63, 3.8) is 0 Å². The molecule has 32 heavy (non-hydrogen) atoms. The molecule has 0 radical (unpaired) electrons. The predicted molar refractivity (Wildman–Crippen MR) is 111 cm³/mol. The molecule has 3 rings (SSSR count). The topological polar surface area (TPSA) is 151 Å². The first-order valence-electron chi connectivity index (χ1n) is 9.85. The Balaban J connectivity index is 1.69. The Morgan fingerprint density at radius 1 is 1.25 bits per heavy atom. The first-order chi connectivity index (χ1) is 15.2. The van der Waals surface area contributed by atoms with Crippen molar-refractivity contribution in [1.82, 2.24) is 15.7 Å². The monoisotopic (exact) mass is 465 g/mol. The van der Waals surface area contributed by atoms with Crippen LogP contribution in [0.4, 0.5) is 0 Å². The Bertz CT molecular complexity index is 911. The molecular formula is C20H23N3O8S. The Labute approximate surface area is 187 Å². The highest BCUT2D eigenvalue weighted by molar-refractivity contribution is 8.00. The summed E-state index contributed by atoms with van der Waals surface area (Å²) in [6, 6.07) is 7.78. The zero-order valence-electron chi connectivity index (χ0n) is 17.2. The summed E-state index contributed by atoms with van der Waals surface area (Å²) in [4.78, 5) is 65.8. The van der Waals surface area contributed by atoms with Crippen molar-refractivity contribution in [2.75, 3.05) is 18.9 Å². The van der Waals surface area contributed by atoms with Gasteiger partial charge >= 0.3 is 17.7 Å². The van der Waals surface area contributed by atoms with Crippen LogP contribution in [0.25, 0.3) is 0 Å². The summed E-state index contributed by atoms with van der Waals surface area (Å²) in [5, 5.41) is 14.6. The van der Waals surface area contributed by atoms with Gasteiger partial charge in [0, 0.05) is 19.2 Å². The minimum absolute atomic E-state index is 0.0330.